The van der Waals surface area contributed by atoms with E-state index in [4.69, 9.17) is 20.9 Å². The summed E-state index contributed by atoms with van der Waals surface area (Å²) in [6.07, 6.45) is 1.10. The van der Waals surface area contributed by atoms with Crippen LogP contribution in [0.1, 0.15) is 33.3 Å². The van der Waals surface area contributed by atoms with Gasteiger partial charge in [-0.3, -0.25) is 0 Å². The zero-order chi connectivity index (χ0) is 14.3. The molecule has 0 radical (unpaired) electrons. The number of carbonyl (C=O) groups excluding carboxylic acids is 1. The molecule has 1 aliphatic rings. The fraction of sp³-hybridized carbons (Fsp3) is 0.538. The third-order valence-electron chi connectivity index (χ3n) is 3.76. The Kier molecular flexibility index (Phi) is 3.73. The highest BCUT2D eigenvalue weighted by Gasteiger charge is 2.52. The summed E-state index contributed by atoms with van der Waals surface area (Å²) >= 11 is 5.93. The largest absolute Gasteiger partial charge is 0.514 e. The van der Waals surface area contributed by atoms with Crippen molar-refractivity contribution in [3.63, 3.8) is 0 Å². The lowest BCUT2D eigenvalue weighted by molar-refractivity contribution is -0.107. The molecule has 0 bridgehead atoms. The van der Waals surface area contributed by atoms with Crippen LogP contribution < -0.4 is 5.59 Å². The average Bonchev–Trinajstić information content (AvgIpc) is 2.51. The second-order valence-electron chi connectivity index (χ2n) is 5.64. The van der Waals surface area contributed by atoms with E-state index in [0.29, 0.717) is 10.7 Å². The fourth-order valence-electron chi connectivity index (χ4n) is 1.90. The Hall–Kier alpha value is -0.905. The molecule has 1 fully saturated rings. The molecule has 2 rings (SSSR count). The Balaban J connectivity index is 2.38. The van der Waals surface area contributed by atoms with Gasteiger partial charge in [0.25, 0.3) is 0 Å². The molecule has 1 aliphatic heterocycles. The SMILES string of the molecule is CC1(C)OB(c2nc(Cl)ccc2CC=O)OC1(C)C. The van der Waals surface area contributed by atoms with Crippen molar-refractivity contribution in [3.8, 4) is 0 Å². The predicted molar refractivity (Wildman–Crippen MR) is 74.7 cm³/mol. The number of rotatable bonds is 3. The Morgan fingerprint density at radius 2 is 1.84 bits per heavy atom. The first-order valence-corrected chi connectivity index (χ1v) is 6.59. The second-order valence-corrected chi connectivity index (χ2v) is 6.02. The first kappa shape index (κ1) is 14.5. The summed E-state index contributed by atoms with van der Waals surface area (Å²) in [5.74, 6) is 0. The molecule has 0 N–H and O–H groups in total. The standard InChI is InChI=1S/C13H17BClNO3/c1-12(2)13(3,4)19-14(18-12)11-9(7-8-17)5-6-10(15)16-11/h5-6,8H,7H2,1-4H3. The Bertz CT molecular complexity index is 489. The second kappa shape index (κ2) is 4.89. The van der Waals surface area contributed by atoms with Crippen LogP contribution in [0.15, 0.2) is 12.1 Å². The number of nitrogens with zero attached hydrogens (tertiary/aromatic N) is 1. The summed E-state index contributed by atoms with van der Waals surface area (Å²) in [5, 5.41) is 0.361. The van der Waals surface area contributed by atoms with Gasteiger partial charge in [-0.1, -0.05) is 17.7 Å². The number of hydrogen-bond acceptors (Lipinski definition) is 4. The molecule has 6 heteroatoms. The molecular formula is C13H17BClNO3. The van der Waals surface area contributed by atoms with E-state index in [1.165, 1.54) is 0 Å². The van der Waals surface area contributed by atoms with Crippen LogP contribution in [-0.2, 0) is 20.5 Å². The quantitative estimate of drug-likeness (QED) is 0.481. The highest BCUT2D eigenvalue weighted by Crippen LogP contribution is 2.36. The molecule has 0 spiro atoms. The highest BCUT2D eigenvalue weighted by atomic mass is 35.5. The van der Waals surface area contributed by atoms with E-state index in [-0.39, 0.29) is 6.42 Å². The van der Waals surface area contributed by atoms with Crippen LogP contribution in [0.3, 0.4) is 0 Å². The number of pyridine rings is 1. The first-order valence-electron chi connectivity index (χ1n) is 6.21. The molecule has 0 saturated carbocycles. The summed E-state index contributed by atoms with van der Waals surface area (Å²) in [6, 6.07) is 3.44. The lowest BCUT2D eigenvalue weighted by atomic mass is 9.80. The van der Waals surface area contributed by atoms with E-state index >= 15 is 0 Å². The minimum atomic E-state index is -0.598. The van der Waals surface area contributed by atoms with Crippen LogP contribution in [0.25, 0.3) is 0 Å². The van der Waals surface area contributed by atoms with Gasteiger partial charge in [0.1, 0.15) is 11.4 Å². The van der Waals surface area contributed by atoms with Gasteiger partial charge in [-0.05, 0) is 39.3 Å². The fourth-order valence-corrected chi connectivity index (χ4v) is 2.05. The highest BCUT2D eigenvalue weighted by molar-refractivity contribution is 6.61. The number of aromatic nitrogens is 1. The average molecular weight is 282 g/mol. The zero-order valence-electron chi connectivity index (χ0n) is 11.6. The van der Waals surface area contributed by atoms with Crippen molar-refractivity contribution in [1.29, 1.82) is 0 Å². The van der Waals surface area contributed by atoms with Crippen LogP contribution in [0.2, 0.25) is 5.15 Å². The van der Waals surface area contributed by atoms with E-state index < -0.39 is 18.3 Å². The smallest absolute Gasteiger partial charge is 0.398 e. The van der Waals surface area contributed by atoms with Crippen LogP contribution in [0, 0.1) is 0 Å². The zero-order valence-corrected chi connectivity index (χ0v) is 12.3. The van der Waals surface area contributed by atoms with Gasteiger partial charge in [0.15, 0.2) is 0 Å². The summed E-state index contributed by atoms with van der Waals surface area (Å²) in [5.41, 5.74) is 0.469. The maximum absolute atomic E-state index is 10.7. The van der Waals surface area contributed by atoms with Crippen LogP contribution in [-0.4, -0.2) is 29.6 Å². The van der Waals surface area contributed by atoms with E-state index in [1.54, 1.807) is 12.1 Å². The summed E-state index contributed by atoms with van der Waals surface area (Å²) in [4.78, 5) is 15.0. The van der Waals surface area contributed by atoms with E-state index in [2.05, 4.69) is 4.98 Å². The van der Waals surface area contributed by atoms with Crippen molar-refractivity contribution in [2.24, 2.45) is 0 Å². The minimum absolute atomic E-state index is 0.267. The molecule has 0 atom stereocenters. The minimum Gasteiger partial charge on any atom is -0.398 e. The van der Waals surface area contributed by atoms with E-state index in [9.17, 15) is 4.79 Å². The normalized spacial score (nSPS) is 20.6. The summed E-state index contributed by atoms with van der Waals surface area (Å²) in [7, 11) is -0.598. The molecule has 19 heavy (non-hydrogen) atoms. The monoisotopic (exact) mass is 281 g/mol. The van der Waals surface area contributed by atoms with Gasteiger partial charge in [0.2, 0.25) is 0 Å². The van der Waals surface area contributed by atoms with E-state index in [1.807, 2.05) is 27.7 Å². The molecule has 4 nitrogen and oxygen atoms in total. The molecule has 0 aliphatic carbocycles. The number of hydrogen-bond donors (Lipinski definition) is 0. The summed E-state index contributed by atoms with van der Waals surface area (Å²) in [6.45, 7) is 7.88. The van der Waals surface area contributed by atoms with Crippen molar-refractivity contribution in [3.05, 3.63) is 22.8 Å². The maximum Gasteiger partial charge on any atom is 0.514 e. The Morgan fingerprint density at radius 1 is 1.26 bits per heavy atom. The predicted octanol–water partition coefficient (Wildman–Crippen LogP) is 1.78. The first-order chi connectivity index (χ1) is 8.77. The number of halogens is 1. The third kappa shape index (κ3) is 2.68. The molecule has 1 saturated heterocycles. The van der Waals surface area contributed by atoms with Crippen LogP contribution in [0.4, 0.5) is 0 Å². The van der Waals surface area contributed by atoms with Gasteiger partial charge in [-0.15, -0.1) is 0 Å². The maximum atomic E-state index is 10.7. The Labute approximate surface area is 118 Å². The molecule has 1 aromatic rings. The number of aldehydes is 1. The van der Waals surface area contributed by atoms with E-state index in [0.717, 1.165) is 11.8 Å². The molecule has 0 amide bonds. The Morgan fingerprint density at radius 3 is 2.37 bits per heavy atom. The van der Waals surface area contributed by atoms with Gasteiger partial charge in [0.05, 0.1) is 16.8 Å². The third-order valence-corrected chi connectivity index (χ3v) is 3.97. The molecule has 1 aromatic heterocycles. The number of carbonyl (C=O) groups is 1. The van der Waals surface area contributed by atoms with Crippen LogP contribution in [0.5, 0.6) is 0 Å². The van der Waals surface area contributed by atoms with Crippen molar-refractivity contribution in [2.45, 2.75) is 45.3 Å². The van der Waals surface area contributed by atoms with Gasteiger partial charge < -0.3 is 14.1 Å². The lowest BCUT2D eigenvalue weighted by Gasteiger charge is -2.32. The molecule has 0 aromatic carbocycles. The molecule has 102 valence electrons. The lowest BCUT2D eigenvalue weighted by Crippen LogP contribution is -2.41. The van der Waals surface area contributed by atoms with Gasteiger partial charge in [0, 0.05) is 6.42 Å². The summed E-state index contributed by atoms with van der Waals surface area (Å²) < 4.78 is 11.9. The van der Waals surface area contributed by atoms with Gasteiger partial charge in [-0.2, -0.15) is 0 Å². The van der Waals surface area contributed by atoms with Crippen molar-refractivity contribution in [1.82, 2.24) is 4.98 Å². The molecule has 2 heterocycles. The molecule has 0 unspecified atom stereocenters. The van der Waals surface area contributed by atoms with Crippen molar-refractivity contribution < 1.29 is 14.1 Å². The topological polar surface area (TPSA) is 48.4 Å². The van der Waals surface area contributed by atoms with Gasteiger partial charge >= 0.3 is 7.12 Å². The van der Waals surface area contributed by atoms with Gasteiger partial charge in [-0.25, -0.2) is 4.98 Å². The van der Waals surface area contributed by atoms with Crippen molar-refractivity contribution in [2.75, 3.05) is 0 Å². The van der Waals surface area contributed by atoms with Crippen LogP contribution >= 0.6 is 11.6 Å². The molecular weight excluding hydrogens is 264 g/mol. The van der Waals surface area contributed by atoms with Crippen molar-refractivity contribution >= 4 is 30.6 Å².